The minimum Gasteiger partial charge on any atom is -0.370 e. The standard InChI is InChI=1S/C22H27N5O2S/c1-13(26(5)17-10-8-7-9-11-17)12-23-20(28)19-16(4)24-21(30-19)18-14(2)15(3)25-27(6)22(18)29/h7-11,13H,12H2,1-6H3,(H,23,28). The van der Waals surface area contributed by atoms with Gasteiger partial charge >= 0.3 is 0 Å². The molecule has 1 aromatic carbocycles. The van der Waals surface area contributed by atoms with Crippen LogP contribution in [0.25, 0.3) is 10.6 Å². The summed E-state index contributed by atoms with van der Waals surface area (Å²) < 4.78 is 1.31. The highest BCUT2D eigenvalue weighted by molar-refractivity contribution is 7.17. The van der Waals surface area contributed by atoms with Gasteiger partial charge in [0.1, 0.15) is 9.88 Å². The molecule has 0 saturated heterocycles. The van der Waals surface area contributed by atoms with Crippen LogP contribution in [0.2, 0.25) is 0 Å². The molecule has 30 heavy (non-hydrogen) atoms. The second-order valence-corrected chi connectivity index (χ2v) is 8.45. The van der Waals surface area contributed by atoms with Crippen molar-refractivity contribution in [2.45, 2.75) is 33.7 Å². The highest BCUT2D eigenvalue weighted by atomic mass is 32.1. The van der Waals surface area contributed by atoms with Gasteiger partial charge in [0.2, 0.25) is 0 Å². The smallest absolute Gasteiger partial charge is 0.277 e. The van der Waals surface area contributed by atoms with Crippen LogP contribution in [0.4, 0.5) is 5.69 Å². The lowest BCUT2D eigenvalue weighted by atomic mass is 10.1. The van der Waals surface area contributed by atoms with Crippen molar-refractivity contribution in [3.63, 3.8) is 0 Å². The molecule has 2 aromatic heterocycles. The van der Waals surface area contributed by atoms with E-state index in [2.05, 4.69) is 27.2 Å². The molecular weight excluding hydrogens is 398 g/mol. The lowest BCUT2D eigenvalue weighted by Crippen LogP contribution is -2.40. The number of aryl methyl sites for hydroxylation is 3. The van der Waals surface area contributed by atoms with Gasteiger partial charge < -0.3 is 10.2 Å². The Balaban J connectivity index is 1.78. The van der Waals surface area contributed by atoms with Crippen molar-refractivity contribution in [1.82, 2.24) is 20.1 Å². The van der Waals surface area contributed by atoms with E-state index in [0.29, 0.717) is 27.7 Å². The Bertz CT molecular complexity index is 1120. The fourth-order valence-electron chi connectivity index (χ4n) is 3.19. The Morgan fingerprint density at radius 1 is 1.20 bits per heavy atom. The number of likely N-dealkylation sites (N-methyl/N-ethyl adjacent to an activating group) is 1. The van der Waals surface area contributed by atoms with Crippen LogP contribution in [0.1, 0.15) is 33.5 Å². The number of thiazole rings is 1. The summed E-state index contributed by atoms with van der Waals surface area (Å²) in [5.41, 5.74) is 3.56. The van der Waals surface area contributed by atoms with E-state index in [4.69, 9.17) is 0 Å². The van der Waals surface area contributed by atoms with Gasteiger partial charge in [0.15, 0.2) is 0 Å². The van der Waals surface area contributed by atoms with Crippen molar-refractivity contribution in [3.05, 3.63) is 62.5 Å². The lowest BCUT2D eigenvalue weighted by Gasteiger charge is -2.27. The van der Waals surface area contributed by atoms with Crippen molar-refractivity contribution in [2.75, 3.05) is 18.5 Å². The quantitative estimate of drug-likeness (QED) is 0.656. The molecule has 0 fully saturated rings. The molecule has 2 heterocycles. The summed E-state index contributed by atoms with van der Waals surface area (Å²) in [6.07, 6.45) is 0. The van der Waals surface area contributed by atoms with E-state index in [1.165, 1.54) is 16.0 Å². The number of carbonyl (C=O) groups is 1. The third kappa shape index (κ3) is 4.28. The SMILES string of the molecule is Cc1nc(-c2c(C)c(C)nn(C)c2=O)sc1C(=O)NCC(C)N(C)c1ccccc1. The van der Waals surface area contributed by atoms with Crippen LogP contribution in [0, 0.1) is 20.8 Å². The van der Waals surface area contributed by atoms with Gasteiger partial charge in [-0.2, -0.15) is 5.10 Å². The minimum absolute atomic E-state index is 0.112. The van der Waals surface area contributed by atoms with Gasteiger partial charge in [0.05, 0.1) is 17.0 Å². The van der Waals surface area contributed by atoms with Crippen LogP contribution < -0.4 is 15.8 Å². The number of nitrogens with one attached hydrogen (secondary N) is 1. The number of rotatable bonds is 6. The topological polar surface area (TPSA) is 80.1 Å². The number of anilines is 1. The molecule has 0 bridgehead atoms. The predicted molar refractivity (Wildman–Crippen MR) is 121 cm³/mol. The number of carbonyl (C=O) groups excluding carboxylic acids is 1. The third-order valence-corrected chi connectivity index (χ3v) is 6.50. The maximum Gasteiger partial charge on any atom is 0.277 e. The van der Waals surface area contributed by atoms with Crippen LogP contribution in [0.3, 0.4) is 0 Å². The monoisotopic (exact) mass is 425 g/mol. The number of para-hydroxylation sites is 1. The molecule has 0 aliphatic rings. The molecule has 1 N–H and O–H groups in total. The first-order chi connectivity index (χ1) is 14.2. The fraction of sp³-hybridized carbons (Fsp3) is 0.364. The molecular formula is C22H27N5O2S. The summed E-state index contributed by atoms with van der Waals surface area (Å²) in [4.78, 5) is 32.6. The molecule has 1 unspecified atom stereocenters. The molecule has 0 saturated carbocycles. The molecule has 1 atom stereocenters. The summed E-state index contributed by atoms with van der Waals surface area (Å²) in [7, 11) is 3.63. The normalized spacial score (nSPS) is 11.9. The van der Waals surface area contributed by atoms with Gasteiger partial charge in [0, 0.05) is 32.4 Å². The highest BCUT2D eigenvalue weighted by Crippen LogP contribution is 2.28. The lowest BCUT2D eigenvalue weighted by molar-refractivity contribution is 0.0955. The van der Waals surface area contributed by atoms with E-state index in [1.807, 2.05) is 51.2 Å². The minimum atomic E-state index is -0.211. The summed E-state index contributed by atoms with van der Waals surface area (Å²) in [5.74, 6) is -0.176. The van der Waals surface area contributed by atoms with Crippen LogP contribution >= 0.6 is 11.3 Å². The number of amides is 1. The average Bonchev–Trinajstić information content (AvgIpc) is 3.11. The number of nitrogens with zero attached hydrogens (tertiary/aromatic N) is 4. The van der Waals surface area contributed by atoms with E-state index in [0.717, 1.165) is 16.9 Å². The van der Waals surface area contributed by atoms with Crippen molar-refractivity contribution in [1.29, 1.82) is 0 Å². The molecule has 3 aromatic rings. The molecule has 0 aliphatic heterocycles. The second kappa shape index (κ2) is 8.79. The van der Waals surface area contributed by atoms with Crippen LogP contribution in [-0.4, -0.2) is 40.3 Å². The molecule has 7 nitrogen and oxygen atoms in total. The maximum atomic E-state index is 12.8. The van der Waals surface area contributed by atoms with E-state index < -0.39 is 0 Å². The van der Waals surface area contributed by atoms with Crippen molar-refractivity contribution in [3.8, 4) is 10.6 Å². The molecule has 158 valence electrons. The van der Waals surface area contributed by atoms with Gasteiger partial charge in [0.25, 0.3) is 11.5 Å². The highest BCUT2D eigenvalue weighted by Gasteiger charge is 2.21. The Morgan fingerprint density at radius 2 is 1.87 bits per heavy atom. The van der Waals surface area contributed by atoms with Gasteiger partial charge in [-0.3, -0.25) is 9.59 Å². The molecule has 1 amide bonds. The number of benzene rings is 1. The van der Waals surface area contributed by atoms with Crippen LogP contribution in [-0.2, 0) is 7.05 Å². The zero-order valence-electron chi connectivity index (χ0n) is 18.2. The van der Waals surface area contributed by atoms with E-state index in [1.54, 1.807) is 14.0 Å². The average molecular weight is 426 g/mol. The second-order valence-electron chi connectivity index (χ2n) is 7.45. The van der Waals surface area contributed by atoms with Gasteiger partial charge in [-0.15, -0.1) is 11.3 Å². The van der Waals surface area contributed by atoms with Crippen molar-refractivity contribution < 1.29 is 4.79 Å². The first kappa shape index (κ1) is 21.7. The predicted octanol–water partition coefficient (Wildman–Crippen LogP) is 3.08. The summed E-state index contributed by atoms with van der Waals surface area (Å²) >= 11 is 1.25. The summed E-state index contributed by atoms with van der Waals surface area (Å²) in [6.45, 7) is 8.06. The number of hydrogen-bond donors (Lipinski definition) is 1. The first-order valence-electron chi connectivity index (χ1n) is 9.79. The number of aromatic nitrogens is 3. The van der Waals surface area contributed by atoms with Gasteiger partial charge in [-0.1, -0.05) is 18.2 Å². The van der Waals surface area contributed by atoms with E-state index in [-0.39, 0.29) is 17.5 Å². The molecule has 3 rings (SSSR count). The largest absolute Gasteiger partial charge is 0.370 e. The van der Waals surface area contributed by atoms with Crippen LogP contribution in [0.15, 0.2) is 35.1 Å². The zero-order chi connectivity index (χ0) is 22.0. The zero-order valence-corrected chi connectivity index (χ0v) is 19.0. The van der Waals surface area contributed by atoms with Gasteiger partial charge in [-0.05, 0) is 45.4 Å². The van der Waals surface area contributed by atoms with Crippen molar-refractivity contribution >= 4 is 22.9 Å². The molecule has 0 radical (unpaired) electrons. The summed E-state index contributed by atoms with van der Waals surface area (Å²) in [5, 5.41) is 7.76. The summed E-state index contributed by atoms with van der Waals surface area (Å²) in [6, 6.07) is 10.2. The Labute approximate surface area is 180 Å². The van der Waals surface area contributed by atoms with Gasteiger partial charge in [-0.25, -0.2) is 9.67 Å². The molecule has 0 spiro atoms. The Kier molecular flexibility index (Phi) is 6.36. The Morgan fingerprint density at radius 3 is 2.53 bits per heavy atom. The molecule has 8 heteroatoms. The van der Waals surface area contributed by atoms with Crippen molar-refractivity contribution in [2.24, 2.45) is 7.05 Å². The van der Waals surface area contributed by atoms with E-state index in [9.17, 15) is 9.59 Å². The molecule has 0 aliphatic carbocycles. The fourth-order valence-corrected chi connectivity index (χ4v) is 4.27. The maximum absolute atomic E-state index is 12.8. The number of hydrogen-bond acceptors (Lipinski definition) is 6. The first-order valence-corrected chi connectivity index (χ1v) is 10.6. The van der Waals surface area contributed by atoms with E-state index >= 15 is 0 Å². The Hall–Kier alpha value is -3.00. The third-order valence-electron chi connectivity index (χ3n) is 5.32. The van der Waals surface area contributed by atoms with Crippen LogP contribution in [0.5, 0.6) is 0 Å².